The number of anilines is 1. The van der Waals surface area contributed by atoms with Crippen LogP contribution < -0.4 is 4.90 Å². The van der Waals surface area contributed by atoms with E-state index in [9.17, 15) is 4.79 Å². The third-order valence-corrected chi connectivity index (χ3v) is 4.48. The molecule has 1 heterocycles. The van der Waals surface area contributed by atoms with Crippen LogP contribution in [-0.2, 0) is 0 Å². The number of hydrogen-bond donors (Lipinski definition) is 1. The van der Waals surface area contributed by atoms with Crippen molar-refractivity contribution in [3.05, 3.63) is 29.8 Å². The minimum absolute atomic E-state index is 0.108. The summed E-state index contributed by atoms with van der Waals surface area (Å²) in [4.78, 5) is 18.9. The Morgan fingerprint density at radius 1 is 1.17 bits per heavy atom. The Morgan fingerprint density at radius 2 is 1.83 bits per heavy atom. The monoisotopic (exact) mass is 319 g/mol. The molecule has 1 aromatic rings. The molecule has 1 fully saturated rings. The molecule has 1 aliphatic rings. The van der Waals surface area contributed by atoms with E-state index in [0.717, 1.165) is 44.0 Å². The van der Waals surface area contributed by atoms with Crippen LogP contribution in [0.15, 0.2) is 24.3 Å². The predicted molar refractivity (Wildman–Crippen MR) is 94.0 cm³/mol. The molecule has 0 aliphatic carbocycles. The fraction of sp³-hybridized carbons (Fsp3) is 0.611. The summed E-state index contributed by atoms with van der Waals surface area (Å²) in [7, 11) is 2.09. The maximum atomic E-state index is 12.6. The summed E-state index contributed by atoms with van der Waals surface area (Å²) in [5.74, 6) is 0.108. The molecule has 1 saturated heterocycles. The Bertz CT molecular complexity index is 482. The molecule has 1 N–H and O–H groups in total. The first-order valence-corrected chi connectivity index (χ1v) is 8.59. The van der Waals surface area contributed by atoms with Gasteiger partial charge in [-0.1, -0.05) is 13.3 Å². The number of benzene rings is 1. The van der Waals surface area contributed by atoms with Gasteiger partial charge in [-0.15, -0.1) is 0 Å². The summed E-state index contributed by atoms with van der Waals surface area (Å²) in [6, 6.07) is 7.93. The number of carbonyl (C=O) groups excluding carboxylic acids is 1. The quantitative estimate of drug-likeness (QED) is 0.830. The van der Waals surface area contributed by atoms with Gasteiger partial charge in [0, 0.05) is 57.6 Å². The van der Waals surface area contributed by atoms with Crippen molar-refractivity contribution in [3.63, 3.8) is 0 Å². The van der Waals surface area contributed by atoms with Crippen LogP contribution in [0.5, 0.6) is 0 Å². The molecular formula is C18H29N3O2. The summed E-state index contributed by atoms with van der Waals surface area (Å²) >= 11 is 0. The normalized spacial score (nSPS) is 15.7. The van der Waals surface area contributed by atoms with Crippen molar-refractivity contribution < 1.29 is 9.90 Å². The SMILES string of the molecule is CCCCN(C)c1ccc(C(=O)N2CCN(CCO)CC2)cc1. The van der Waals surface area contributed by atoms with Gasteiger partial charge in [0.05, 0.1) is 6.61 Å². The average molecular weight is 319 g/mol. The summed E-state index contributed by atoms with van der Waals surface area (Å²) in [5.41, 5.74) is 1.91. The largest absolute Gasteiger partial charge is 0.395 e. The maximum Gasteiger partial charge on any atom is 0.253 e. The Labute approximate surface area is 139 Å². The highest BCUT2D eigenvalue weighted by Crippen LogP contribution is 2.16. The summed E-state index contributed by atoms with van der Waals surface area (Å²) in [6.45, 7) is 7.25. The standard InChI is InChI=1S/C18H29N3O2/c1-3-4-9-19(2)17-7-5-16(6-8-17)18(23)21-12-10-20(11-13-21)14-15-22/h5-8,22H,3-4,9-15H2,1-2H3. The van der Waals surface area contributed by atoms with Crippen molar-refractivity contribution in [1.82, 2.24) is 9.80 Å². The highest BCUT2D eigenvalue weighted by Gasteiger charge is 2.21. The molecule has 23 heavy (non-hydrogen) atoms. The summed E-state index contributed by atoms with van der Waals surface area (Å²) in [6.07, 6.45) is 2.36. The van der Waals surface area contributed by atoms with E-state index in [2.05, 4.69) is 23.8 Å². The zero-order chi connectivity index (χ0) is 16.7. The number of piperazine rings is 1. The zero-order valence-corrected chi connectivity index (χ0v) is 14.4. The molecule has 0 unspecified atom stereocenters. The van der Waals surface area contributed by atoms with Crippen LogP contribution in [0.1, 0.15) is 30.1 Å². The van der Waals surface area contributed by atoms with Gasteiger partial charge in [-0.2, -0.15) is 0 Å². The van der Waals surface area contributed by atoms with Crippen molar-refractivity contribution >= 4 is 11.6 Å². The lowest BCUT2D eigenvalue weighted by Crippen LogP contribution is -2.49. The molecule has 1 aromatic carbocycles. The smallest absolute Gasteiger partial charge is 0.253 e. The van der Waals surface area contributed by atoms with Crippen molar-refractivity contribution in [1.29, 1.82) is 0 Å². The second-order valence-electron chi connectivity index (χ2n) is 6.18. The third kappa shape index (κ3) is 4.94. The van der Waals surface area contributed by atoms with Gasteiger partial charge < -0.3 is 14.9 Å². The van der Waals surface area contributed by atoms with E-state index in [1.54, 1.807) is 0 Å². The Hall–Kier alpha value is -1.59. The molecular weight excluding hydrogens is 290 g/mol. The van der Waals surface area contributed by atoms with Crippen LogP contribution in [0, 0.1) is 0 Å². The Morgan fingerprint density at radius 3 is 2.39 bits per heavy atom. The molecule has 1 aliphatic heterocycles. The van der Waals surface area contributed by atoms with E-state index >= 15 is 0 Å². The lowest BCUT2D eigenvalue weighted by Gasteiger charge is -2.34. The molecule has 0 radical (unpaired) electrons. The fourth-order valence-corrected chi connectivity index (χ4v) is 2.88. The topological polar surface area (TPSA) is 47.0 Å². The maximum absolute atomic E-state index is 12.6. The first-order chi connectivity index (χ1) is 11.2. The van der Waals surface area contributed by atoms with E-state index in [1.807, 2.05) is 29.2 Å². The lowest BCUT2D eigenvalue weighted by molar-refractivity contribution is 0.0615. The highest BCUT2D eigenvalue weighted by atomic mass is 16.3. The Balaban J connectivity index is 1.90. The fourth-order valence-electron chi connectivity index (χ4n) is 2.88. The van der Waals surface area contributed by atoms with Gasteiger partial charge in [0.2, 0.25) is 0 Å². The first-order valence-electron chi connectivity index (χ1n) is 8.59. The molecule has 1 amide bonds. The molecule has 0 aromatic heterocycles. The molecule has 0 saturated carbocycles. The van der Waals surface area contributed by atoms with Crippen LogP contribution in [0.2, 0.25) is 0 Å². The van der Waals surface area contributed by atoms with Crippen molar-refractivity contribution in [3.8, 4) is 0 Å². The van der Waals surface area contributed by atoms with E-state index in [-0.39, 0.29) is 12.5 Å². The van der Waals surface area contributed by atoms with Crippen molar-refractivity contribution in [2.45, 2.75) is 19.8 Å². The van der Waals surface area contributed by atoms with Gasteiger partial charge in [0.15, 0.2) is 0 Å². The molecule has 0 atom stereocenters. The Kier molecular flexibility index (Phi) is 6.86. The zero-order valence-electron chi connectivity index (χ0n) is 14.4. The van der Waals surface area contributed by atoms with Crippen LogP contribution in [0.4, 0.5) is 5.69 Å². The first kappa shape index (κ1) is 17.8. The number of β-amino-alcohol motifs (C(OH)–C–C–N with tert-alkyl or cyclic N) is 1. The second-order valence-corrected chi connectivity index (χ2v) is 6.18. The number of rotatable bonds is 7. The number of hydrogen-bond acceptors (Lipinski definition) is 4. The van der Waals surface area contributed by atoms with Gasteiger partial charge >= 0.3 is 0 Å². The number of nitrogens with zero attached hydrogens (tertiary/aromatic N) is 3. The summed E-state index contributed by atoms with van der Waals surface area (Å²) < 4.78 is 0. The van der Waals surface area contributed by atoms with Crippen LogP contribution in [-0.4, -0.2) is 73.7 Å². The molecule has 5 nitrogen and oxygen atoms in total. The van der Waals surface area contributed by atoms with Crippen LogP contribution in [0.25, 0.3) is 0 Å². The van der Waals surface area contributed by atoms with Gasteiger partial charge in [0.1, 0.15) is 0 Å². The highest BCUT2D eigenvalue weighted by molar-refractivity contribution is 5.94. The van der Waals surface area contributed by atoms with Gasteiger partial charge in [-0.3, -0.25) is 9.69 Å². The number of unbranched alkanes of at least 4 members (excludes halogenated alkanes) is 1. The molecule has 2 rings (SSSR count). The van der Waals surface area contributed by atoms with E-state index in [0.29, 0.717) is 6.54 Å². The van der Waals surface area contributed by atoms with Crippen molar-refractivity contribution in [2.75, 3.05) is 57.8 Å². The van der Waals surface area contributed by atoms with E-state index in [4.69, 9.17) is 5.11 Å². The molecule has 0 spiro atoms. The minimum atomic E-state index is 0.108. The van der Waals surface area contributed by atoms with E-state index in [1.165, 1.54) is 12.8 Å². The number of aliphatic hydroxyl groups excluding tert-OH is 1. The third-order valence-electron chi connectivity index (χ3n) is 4.48. The van der Waals surface area contributed by atoms with Crippen LogP contribution >= 0.6 is 0 Å². The number of amides is 1. The average Bonchev–Trinajstić information content (AvgIpc) is 2.60. The number of aliphatic hydroxyl groups is 1. The second kappa shape index (κ2) is 8.89. The molecule has 128 valence electrons. The van der Waals surface area contributed by atoms with E-state index < -0.39 is 0 Å². The summed E-state index contributed by atoms with van der Waals surface area (Å²) in [5, 5.41) is 8.97. The number of carbonyl (C=O) groups is 1. The lowest BCUT2D eigenvalue weighted by atomic mass is 10.1. The van der Waals surface area contributed by atoms with Crippen LogP contribution in [0.3, 0.4) is 0 Å². The molecule has 0 bridgehead atoms. The molecule has 5 heteroatoms. The van der Waals surface area contributed by atoms with Gasteiger partial charge in [-0.05, 0) is 30.7 Å². The van der Waals surface area contributed by atoms with Gasteiger partial charge in [-0.25, -0.2) is 0 Å². The minimum Gasteiger partial charge on any atom is -0.395 e. The van der Waals surface area contributed by atoms with Crippen molar-refractivity contribution in [2.24, 2.45) is 0 Å². The van der Waals surface area contributed by atoms with Gasteiger partial charge in [0.25, 0.3) is 5.91 Å². The predicted octanol–water partition coefficient (Wildman–Crippen LogP) is 1.67.